The van der Waals surface area contributed by atoms with Crippen molar-refractivity contribution in [2.75, 3.05) is 6.54 Å². The largest absolute Gasteiger partial charge is 0.452 e. The molecule has 0 fully saturated rings. The molecule has 1 amide bonds. The van der Waals surface area contributed by atoms with Crippen molar-refractivity contribution in [3.8, 4) is 0 Å². The van der Waals surface area contributed by atoms with Gasteiger partial charge in [-0.3, -0.25) is 4.79 Å². The second-order valence-corrected chi connectivity index (χ2v) is 6.31. The van der Waals surface area contributed by atoms with Gasteiger partial charge in [0, 0.05) is 5.54 Å². The van der Waals surface area contributed by atoms with Crippen molar-refractivity contribution in [2.24, 2.45) is 0 Å². The topological polar surface area (TPSA) is 54.3 Å². The van der Waals surface area contributed by atoms with E-state index in [1.165, 1.54) is 0 Å². The van der Waals surface area contributed by atoms with Crippen LogP contribution in [0.1, 0.15) is 26.5 Å². The minimum absolute atomic E-state index is 0.0258. The van der Waals surface area contributed by atoms with E-state index >= 15 is 0 Å². The quantitative estimate of drug-likeness (QED) is 0.860. The third-order valence-corrected chi connectivity index (χ3v) is 3.51. The molecular formula is C11H16Br2N2O2. The summed E-state index contributed by atoms with van der Waals surface area (Å²) in [5.41, 5.74) is -0.199. The van der Waals surface area contributed by atoms with E-state index in [4.69, 9.17) is 4.42 Å². The summed E-state index contributed by atoms with van der Waals surface area (Å²) in [5, 5.41) is 5.89. The number of hydrogen-bond donors (Lipinski definition) is 2. The summed E-state index contributed by atoms with van der Waals surface area (Å²) < 4.78 is 6.90. The number of halogens is 2. The number of hydrogen-bond acceptors (Lipinski definition) is 3. The highest BCUT2D eigenvalue weighted by atomic mass is 79.9. The van der Waals surface area contributed by atoms with Gasteiger partial charge in [-0.1, -0.05) is 0 Å². The SMILES string of the molecule is CC(C)(C)NC(=O)CNCc1cc(Br)c(Br)o1. The van der Waals surface area contributed by atoms with Gasteiger partial charge in [0.25, 0.3) is 0 Å². The van der Waals surface area contributed by atoms with E-state index in [-0.39, 0.29) is 18.0 Å². The minimum atomic E-state index is -0.199. The molecule has 0 atom stereocenters. The summed E-state index contributed by atoms with van der Waals surface area (Å²) in [6.07, 6.45) is 0. The van der Waals surface area contributed by atoms with Gasteiger partial charge in [0.05, 0.1) is 17.6 Å². The molecule has 6 heteroatoms. The van der Waals surface area contributed by atoms with E-state index in [0.717, 1.165) is 10.2 Å². The summed E-state index contributed by atoms with van der Waals surface area (Å²) in [6, 6.07) is 1.86. The van der Waals surface area contributed by atoms with Crippen LogP contribution in [0, 0.1) is 0 Å². The highest BCUT2D eigenvalue weighted by molar-refractivity contribution is 9.13. The Morgan fingerprint density at radius 2 is 2.06 bits per heavy atom. The maximum absolute atomic E-state index is 11.5. The average molecular weight is 368 g/mol. The van der Waals surface area contributed by atoms with Gasteiger partial charge in [-0.2, -0.15) is 0 Å². The van der Waals surface area contributed by atoms with Crippen LogP contribution in [-0.2, 0) is 11.3 Å². The van der Waals surface area contributed by atoms with Crippen LogP contribution in [0.2, 0.25) is 0 Å². The second-order valence-electron chi connectivity index (χ2n) is 4.74. The normalized spacial score (nSPS) is 11.6. The van der Waals surface area contributed by atoms with Gasteiger partial charge in [0.15, 0.2) is 4.67 Å². The zero-order chi connectivity index (χ0) is 13.1. The Kier molecular flexibility index (Phi) is 5.22. The number of nitrogens with one attached hydrogen (secondary N) is 2. The Morgan fingerprint density at radius 3 is 2.53 bits per heavy atom. The van der Waals surface area contributed by atoms with Crippen LogP contribution in [0.3, 0.4) is 0 Å². The van der Waals surface area contributed by atoms with E-state index in [1.54, 1.807) is 0 Å². The number of rotatable bonds is 4. The summed E-state index contributed by atoms with van der Waals surface area (Å²) in [6.45, 7) is 6.64. The van der Waals surface area contributed by atoms with Crippen molar-refractivity contribution in [2.45, 2.75) is 32.9 Å². The number of carbonyl (C=O) groups is 1. The molecule has 0 aliphatic rings. The molecule has 1 aromatic rings. The molecule has 0 saturated heterocycles. The molecule has 0 unspecified atom stereocenters. The van der Waals surface area contributed by atoms with Gasteiger partial charge in [-0.15, -0.1) is 0 Å². The van der Waals surface area contributed by atoms with Crippen LogP contribution in [-0.4, -0.2) is 18.0 Å². The molecule has 1 heterocycles. The summed E-state index contributed by atoms with van der Waals surface area (Å²) >= 11 is 6.59. The van der Waals surface area contributed by atoms with E-state index < -0.39 is 0 Å². The zero-order valence-corrected chi connectivity index (χ0v) is 13.2. The van der Waals surface area contributed by atoms with Gasteiger partial charge < -0.3 is 15.1 Å². The molecule has 0 aliphatic heterocycles. The number of amides is 1. The van der Waals surface area contributed by atoms with Gasteiger partial charge >= 0.3 is 0 Å². The van der Waals surface area contributed by atoms with Gasteiger partial charge in [-0.05, 0) is 58.7 Å². The molecule has 17 heavy (non-hydrogen) atoms. The Morgan fingerprint density at radius 1 is 1.41 bits per heavy atom. The molecule has 0 aliphatic carbocycles. The minimum Gasteiger partial charge on any atom is -0.452 e. The van der Waals surface area contributed by atoms with Crippen molar-refractivity contribution >= 4 is 37.8 Å². The lowest BCUT2D eigenvalue weighted by Crippen LogP contribution is -2.44. The molecule has 0 bridgehead atoms. The Bertz CT molecular complexity index is 377. The smallest absolute Gasteiger partial charge is 0.234 e. The molecule has 0 aromatic carbocycles. The summed E-state index contributed by atoms with van der Waals surface area (Å²) in [4.78, 5) is 11.5. The van der Waals surface area contributed by atoms with Crippen LogP contribution in [0.25, 0.3) is 0 Å². The van der Waals surface area contributed by atoms with Gasteiger partial charge in [-0.25, -0.2) is 0 Å². The van der Waals surface area contributed by atoms with Crippen LogP contribution in [0.5, 0.6) is 0 Å². The fraction of sp³-hybridized carbons (Fsp3) is 0.545. The monoisotopic (exact) mass is 366 g/mol. The van der Waals surface area contributed by atoms with E-state index in [0.29, 0.717) is 11.2 Å². The lowest BCUT2D eigenvalue weighted by Gasteiger charge is -2.20. The van der Waals surface area contributed by atoms with Crippen molar-refractivity contribution < 1.29 is 9.21 Å². The molecule has 96 valence electrons. The van der Waals surface area contributed by atoms with Crippen LogP contribution < -0.4 is 10.6 Å². The van der Waals surface area contributed by atoms with Crippen molar-refractivity contribution in [1.82, 2.24) is 10.6 Å². The van der Waals surface area contributed by atoms with Crippen molar-refractivity contribution in [3.63, 3.8) is 0 Å². The zero-order valence-electron chi connectivity index (χ0n) is 10.1. The van der Waals surface area contributed by atoms with Crippen molar-refractivity contribution in [1.29, 1.82) is 0 Å². The Balaban J connectivity index is 2.31. The van der Waals surface area contributed by atoms with Crippen LogP contribution >= 0.6 is 31.9 Å². The molecule has 1 aromatic heterocycles. The van der Waals surface area contributed by atoms with E-state index in [2.05, 4.69) is 42.5 Å². The van der Waals surface area contributed by atoms with Crippen LogP contribution in [0.15, 0.2) is 19.6 Å². The lowest BCUT2D eigenvalue weighted by atomic mass is 10.1. The molecule has 2 N–H and O–H groups in total. The Hall–Kier alpha value is -0.330. The molecular weight excluding hydrogens is 352 g/mol. The second kappa shape index (κ2) is 6.02. The predicted octanol–water partition coefficient (Wildman–Crippen LogP) is 2.81. The standard InChI is InChI=1S/C11H16Br2N2O2/c1-11(2,3)15-9(16)6-14-5-7-4-8(12)10(13)17-7/h4,14H,5-6H2,1-3H3,(H,15,16). The van der Waals surface area contributed by atoms with Gasteiger partial charge in [0.2, 0.25) is 5.91 Å². The van der Waals surface area contributed by atoms with Crippen LogP contribution in [0.4, 0.5) is 0 Å². The maximum atomic E-state index is 11.5. The molecule has 0 radical (unpaired) electrons. The third kappa shape index (κ3) is 5.70. The first-order chi connectivity index (χ1) is 7.78. The summed E-state index contributed by atoms with van der Waals surface area (Å²) in [7, 11) is 0. The van der Waals surface area contributed by atoms with Crippen molar-refractivity contribution in [3.05, 3.63) is 21.0 Å². The Labute approximate surface area is 118 Å². The number of furan rings is 1. The van der Waals surface area contributed by atoms with Gasteiger partial charge in [0.1, 0.15) is 5.76 Å². The van der Waals surface area contributed by atoms with E-state index in [9.17, 15) is 4.79 Å². The molecule has 0 saturated carbocycles. The molecule has 4 nitrogen and oxygen atoms in total. The first-order valence-electron chi connectivity index (χ1n) is 5.23. The fourth-order valence-electron chi connectivity index (χ4n) is 1.24. The lowest BCUT2D eigenvalue weighted by molar-refractivity contribution is -0.121. The van der Waals surface area contributed by atoms with E-state index in [1.807, 2.05) is 26.8 Å². The summed E-state index contributed by atoms with van der Waals surface area (Å²) in [5.74, 6) is 0.745. The first kappa shape index (κ1) is 14.7. The predicted molar refractivity (Wildman–Crippen MR) is 73.7 cm³/mol. The first-order valence-corrected chi connectivity index (χ1v) is 6.82. The maximum Gasteiger partial charge on any atom is 0.234 e. The molecule has 0 spiro atoms. The third-order valence-electron chi connectivity index (χ3n) is 1.80. The molecule has 1 rings (SSSR count). The fourth-order valence-corrected chi connectivity index (χ4v) is 1.90. The highest BCUT2D eigenvalue weighted by Crippen LogP contribution is 2.26. The average Bonchev–Trinajstić information content (AvgIpc) is 2.43. The highest BCUT2D eigenvalue weighted by Gasteiger charge is 2.13. The number of carbonyl (C=O) groups excluding carboxylic acids is 1.